The monoisotopic (exact) mass is 418 g/mol. The van der Waals surface area contributed by atoms with Crippen molar-refractivity contribution in [3.05, 3.63) is 53.1 Å². The second-order valence-corrected chi connectivity index (χ2v) is 8.13. The fourth-order valence-corrected chi connectivity index (χ4v) is 3.99. The molecule has 7 heteroatoms. The number of aliphatic hydroxyl groups is 1. The second kappa shape index (κ2) is 8.88. The van der Waals surface area contributed by atoms with Gasteiger partial charge in [-0.15, -0.1) is 0 Å². The topological polar surface area (TPSA) is 104 Å². The van der Waals surface area contributed by atoms with Crippen LogP contribution in [-0.2, 0) is 6.42 Å². The largest absolute Gasteiger partial charge is 0.490 e. The highest BCUT2D eigenvalue weighted by molar-refractivity contribution is 5.67. The number of hydrogen-bond acceptors (Lipinski definition) is 7. The lowest BCUT2D eigenvalue weighted by atomic mass is 10.0. The molecule has 0 fully saturated rings. The molecule has 7 nitrogen and oxygen atoms in total. The molecule has 2 N–H and O–H groups in total. The maximum Gasteiger partial charge on any atom is 0.258 e. The van der Waals surface area contributed by atoms with Crippen LogP contribution >= 0.6 is 0 Å². The Morgan fingerprint density at radius 1 is 1.29 bits per heavy atom. The van der Waals surface area contributed by atoms with E-state index in [9.17, 15) is 10.4 Å². The summed E-state index contributed by atoms with van der Waals surface area (Å²) in [7, 11) is 0. The Morgan fingerprint density at radius 2 is 2.13 bits per heavy atom. The summed E-state index contributed by atoms with van der Waals surface area (Å²) >= 11 is 0. The highest BCUT2D eigenvalue weighted by Crippen LogP contribution is 2.37. The second-order valence-electron chi connectivity index (χ2n) is 8.13. The van der Waals surface area contributed by atoms with Crippen LogP contribution in [0.2, 0.25) is 0 Å². The molecule has 3 aromatic rings. The van der Waals surface area contributed by atoms with Gasteiger partial charge in [-0.1, -0.05) is 23.4 Å². The summed E-state index contributed by atoms with van der Waals surface area (Å²) < 4.78 is 11.2. The van der Waals surface area contributed by atoms with E-state index in [2.05, 4.69) is 27.6 Å². The molecule has 0 radical (unpaired) electrons. The molecular weight excluding hydrogens is 392 g/mol. The minimum absolute atomic E-state index is 0.0215. The minimum Gasteiger partial charge on any atom is -0.490 e. The van der Waals surface area contributed by atoms with Crippen LogP contribution in [0.15, 0.2) is 40.9 Å². The number of benzene rings is 2. The standard InChI is InChI=1S/C24H26N4O3/c1-14(2)30-22-10-7-16(11-17(22)12-25)24-27-23(28-31-24)20-6-4-5-19-18(20)8-9-21(19)26-15(3)13-29/h4-7,10-11,14-15,21,26,29H,8-9,13H2,1-3H3/t15-,21+/m0/s1. The van der Waals surface area contributed by atoms with Crippen LogP contribution in [0.25, 0.3) is 22.8 Å². The third-order valence-corrected chi connectivity index (χ3v) is 5.41. The van der Waals surface area contributed by atoms with Gasteiger partial charge in [0.15, 0.2) is 0 Å². The number of aliphatic hydroxyl groups excluding tert-OH is 1. The Morgan fingerprint density at radius 3 is 2.87 bits per heavy atom. The lowest BCUT2D eigenvalue weighted by molar-refractivity contribution is 0.240. The first kappa shape index (κ1) is 21.0. The molecule has 0 saturated heterocycles. The van der Waals surface area contributed by atoms with Gasteiger partial charge in [0.2, 0.25) is 5.82 Å². The maximum absolute atomic E-state index is 9.48. The smallest absolute Gasteiger partial charge is 0.258 e. The minimum atomic E-state index is -0.0215. The van der Waals surface area contributed by atoms with Crippen molar-refractivity contribution in [2.45, 2.75) is 51.8 Å². The van der Waals surface area contributed by atoms with Crippen molar-refractivity contribution >= 4 is 0 Å². The summed E-state index contributed by atoms with van der Waals surface area (Å²) in [5, 5.41) is 26.5. The number of nitrogens with one attached hydrogen (secondary N) is 1. The number of ether oxygens (including phenoxy) is 1. The number of hydrogen-bond donors (Lipinski definition) is 2. The van der Waals surface area contributed by atoms with E-state index in [4.69, 9.17) is 9.26 Å². The third kappa shape index (κ3) is 4.31. The fraction of sp³-hybridized carbons (Fsp3) is 0.375. The lowest BCUT2D eigenvalue weighted by Gasteiger charge is -2.18. The van der Waals surface area contributed by atoms with Crippen molar-refractivity contribution in [1.82, 2.24) is 15.5 Å². The van der Waals surface area contributed by atoms with Crippen molar-refractivity contribution in [1.29, 1.82) is 5.26 Å². The molecular formula is C24H26N4O3. The first-order valence-electron chi connectivity index (χ1n) is 10.5. The predicted molar refractivity (Wildman–Crippen MR) is 116 cm³/mol. The van der Waals surface area contributed by atoms with Crippen LogP contribution in [0, 0.1) is 11.3 Å². The zero-order valence-electron chi connectivity index (χ0n) is 17.9. The van der Waals surface area contributed by atoms with Crippen molar-refractivity contribution in [2.75, 3.05) is 6.61 Å². The summed E-state index contributed by atoms with van der Waals surface area (Å²) in [5.74, 6) is 1.43. The molecule has 0 bridgehead atoms. The highest BCUT2D eigenvalue weighted by Gasteiger charge is 2.27. The Bertz CT molecular complexity index is 1120. The highest BCUT2D eigenvalue weighted by atomic mass is 16.5. The first-order chi connectivity index (χ1) is 15.0. The van der Waals surface area contributed by atoms with E-state index >= 15 is 0 Å². The van der Waals surface area contributed by atoms with Gasteiger partial charge in [-0.3, -0.25) is 0 Å². The van der Waals surface area contributed by atoms with E-state index in [1.807, 2.05) is 39.0 Å². The zero-order chi connectivity index (χ0) is 22.0. The Labute approximate surface area is 181 Å². The van der Waals surface area contributed by atoms with Crippen molar-refractivity contribution in [2.24, 2.45) is 0 Å². The van der Waals surface area contributed by atoms with E-state index in [0.717, 1.165) is 18.4 Å². The van der Waals surface area contributed by atoms with Crippen LogP contribution in [0.4, 0.5) is 0 Å². The summed E-state index contributed by atoms with van der Waals surface area (Å²) in [6.45, 7) is 5.91. The van der Waals surface area contributed by atoms with Crippen molar-refractivity contribution in [3.8, 4) is 34.7 Å². The quantitative estimate of drug-likeness (QED) is 0.597. The fourth-order valence-electron chi connectivity index (χ4n) is 3.99. The average molecular weight is 418 g/mol. The van der Waals surface area contributed by atoms with Gasteiger partial charge in [-0.05, 0) is 62.9 Å². The molecule has 0 unspecified atom stereocenters. The molecule has 1 aliphatic carbocycles. The Balaban J connectivity index is 1.63. The predicted octanol–water partition coefficient (Wildman–Crippen LogP) is 4.02. The molecule has 31 heavy (non-hydrogen) atoms. The SMILES string of the molecule is CC(C)Oc1ccc(-c2nc(-c3cccc4c3CC[C@H]4N[C@@H](C)CO)no2)cc1C#N. The van der Waals surface area contributed by atoms with Gasteiger partial charge in [0.1, 0.15) is 11.8 Å². The molecule has 2 aromatic carbocycles. The van der Waals surface area contributed by atoms with Crippen molar-refractivity contribution in [3.63, 3.8) is 0 Å². The van der Waals surface area contributed by atoms with Crippen LogP contribution in [0.5, 0.6) is 5.75 Å². The van der Waals surface area contributed by atoms with E-state index < -0.39 is 0 Å². The van der Waals surface area contributed by atoms with Gasteiger partial charge in [0.25, 0.3) is 5.89 Å². The van der Waals surface area contributed by atoms with E-state index in [-0.39, 0.29) is 24.8 Å². The number of nitrogens with zero attached hydrogens (tertiary/aromatic N) is 3. The van der Waals surface area contributed by atoms with Crippen LogP contribution in [0.1, 0.15) is 49.9 Å². The van der Waals surface area contributed by atoms with Gasteiger partial charge < -0.3 is 19.7 Å². The summed E-state index contributed by atoms with van der Waals surface area (Å²) in [5.41, 5.74) is 4.48. The van der Waals surface area contributed by atoms with Gasteiger partial charge in [-0.2, -0.15) is 10.2 Å². The summed E-state index contributed by atoms with van der Waals surface area (Å²) in [6.07, 6.45) is 1.85. The van der Waals surface area contributed by atoms with Crippen molar-refractivity contribution < 1.29 is 14.4 Å². The lowest BCUT2D eigenvalue weighted by Crippen LogP contribution is -2.32. The molecule has 4 rings (SSSR count). The maximum atomic E-state index is 9.48. The molecule has 0 aliphatic heterocycles. The Hall–Kier alpha value is -3.21. The first-order valence-corrected chi connectivity index (χ1v) is 10.5. The van der Waals surface area contributed by atoms with Crippen LogP contribution < -0.4 is 10.1 Å². The molecule has 0 spiro atoms. The number of fused-ring (bicyclic) bond motifs is 1. The molecule has 1 aliphatic rings. The Kier molecular flexibility index (Phi) is 6.03. The van der Waals surface area contributed by atoms with Gasteiger partial charge in [0, 0.05) is 23.2 Å². The van der Waals surface area contributed by atoms with Crippen LogP contribution in [0.3, 0.4) is 0 Å². The van der Waals surface area contributed by atoms with Crippen LogP contribution in [-0.4, -0.2) is 34.0 Å². The van der Waals surface area contributed by atoms with E-state index in [1.165, 1.54) is 11.1 Å². The third-order valence-electron chi connectivity index (χ3n) is 5.41. The number of nitriles is 1. The molecule has 1 aromatic heterocycles. The number of rotatable bonds is 7. The van der Waals surface area contributed by atoms with E-state index in [0.29, 0.717) is 28.6 Å². The molecule has 0 amide bonds. The molecule has 160 valence electrons. The molecule has 1 heterocycles. The van der Waals surface area contributed by atoms with Gasteiger partial charge >= 0.3 is 0 Å². The zero-order valence-corrected chi connectivity index (χ0v) is 17.9. The number of aromatic nitrogens is 2. The van der Waals surface area contributed by atoms with Gasteiger partial charge in [0.05, 0.1) is 18.3 Å². The van der Waals surface area contributed by atoms with Gasteiger partial charge in [-0.25, -0.2) is 0 Å². The summed E-state index contributed by atoms with van der Waals surface area (Å²) in [6, 6.07) is 13.8. The molecule has 0 saturated carbocycles. The average Bonchev–Trinajstić information content (AvgIpc) is 3.41. The van der Waals surface area contributed by atoms with E-state index in [1.54, 1.807) is 12.1 Å². The molecule has 2 atom stereocenters. The summed E-state index contributed by atoms with van der Waals surface area (Å²) in [4.78, 5) is 4.61. The normalized spacial score (nSPS) is 16.2.